The Morgan fingerprint density at radius 1 is 1.27 bits per heavy atom. The van der Waals surface area contributed by atoms with Crippen LogP contribution in [0.3, 0.4) is 0 Å². The predicted molar refractivity (Wildman–Crippen MR) is 81.9 cm³/mol. The molecule has 0 saturated carbocycles. The summed E-state index contributed by atoms with van der Waals surface area (Å²) in [6.45, 7) is 2.39. The molecule has 0 amide bonds. The monoisotopic (exact) mass is 295 g/mol. The number of allylic oxidation sites excluding steroid dienone is 1. The Morgan fingerprint density at radius 3 is 2.73 bits per heavy atom. The summed E-state index contributed by atoms with van der Waals surface area (Å²) in [6, 6.07) is 14.4. The second kappa shape index (κ2) is 7.19. The average molecular weight is 295 g/mol. The van der Waals surface area contributed by atoms with Crippen LogP contribution in [0.5, 0.6) is 5.75 Å². The summed E-state index contributed by atoms with van der Waals surface area (Å²) >= 11 is 0. The van der Waals surface area contributed by atoms with Gasteiger partial charge in [-0.3, -0.25) is 4.79 Å². The van der Waals surface area contributed by atoms with Gasteiger partial charge >= 0.3 is 0 Å². The minimum absolute atomic E-state index is 0.115. The number of rotatable bonds is 5. The molecule has 0 heterocycles. The Hall–Kier alpha value is -2.93. The van der Waals surface area contributed by atoms with Gasteiger partial charge in [0.1, 0.15) is 23.2 Å². The molecule has 0 aliphatic rings. The highest BCUT2D eigenvalue weighted by molar-refractivity contribution is 6.14. The number of halogens is 1. The molecule has 110 valence electrons. The smallest absolute Gasteiger partial charge is 0.206 e. The molecule has 0 aliphatic heterocycles. The van der Waals surface area contributed by atoms with Crippen molar-refractivity contribution in [2.75, 3.05) is 6.61 Å². The van der Waals surface area contributed by atoms with E-state index in [1.807, 2.05) is 13.0 Å². The number of carbonyl (C=O) groups excluding carboxylic acids is 1. The number of Topliss-reactive ketones (excluding diaryl/α,β-unsaturated/α-hetero) is 1. The third-order valence-electron chi connectivity index (χ3n) is 2.96. The lowest BCUT2D eigenvalue weighted by atomic mass is 10.0. The van der Waals surface area contributed by atoms with Crippen molar-refractivity contribution in [1.29, 1.82) is 5.26 Å². The van der Waals surface area contributed by atoms with Crippen LogP contribution >= 0.6 is 0 Å². The molecule has 0 aliphatic carbocycles. The summed E-state index contributed by atoms with van der Waals surface area (Å²) in [7, 11) is 0. The molecular formula is C18H14FNO2. The number of ketones is 1. The molecule has 0 unspecified atom stereocenters. The van der Waals surface area contributed by atoms with Crippen LogP contribution in [-0.2, 0) is 0 Å². The van der Waals surface area contributed by atoms with E-state index in [1.165, 1.54) is 24.3 Å². The van der Waals surface area contributed by atoms with Crippen molar-refractivity contribution in [2.45, 2.75) is 6.92 Å². The van der Waals surface area contributed by atoms with Crippen molar-refractivity contribution < 1.29 is 13.9 Å². The molecule has 22 heavy (non-hydrogen) atoms. The lowest BCUT2D eigenvalue weighted by Crippen LogP contribution is -2.04. The molecule has 4 heteroatoms. The first-order valence-corrected chi connectivity index (χ1v) is 6.79. The third-order valence-corrected chi connectivity index (χ3v) is 2.96. The summed E-state index contributed by atoms with van der Waals surface area (Å²) in [4.78, 5) is 12.2. The molecule has 0 bridgehead atoms. The lowest BCUT2D eigenvalue weighted by Gasteiger charge is -2.04. The number of hydrogen-bond donors (Lipinski definition) is 0. The maximum absolute atomic E-state index is 13.7. The molecule has 0 saturated heterocycles. The van der Waals surface area contributed by atoms with Crippen LogP contribution < -0.4 is 4.74 Å². The fraction of sp³-hybridized carbons (Fsp3) is 0.111. The fourth-order valence-electron chi connectivity index (χ4n) is 1.97. The maximum Gasteiger partial charge on any atom is 0.206 e. The van der Waals surface area contributed by atoms with Gasteiger partial charge in [-0.05, 0) is 42.8 Å². The number of nitriles is 1. The second-order valence-electron chi connectivity index (χ2n) is 4.48. The molecule has 0 spiro atoms. The molecule has 0 fully saturated rings. The van der Waals surface area contributed by atoms with E-state index in [0.717, 1.165) is 0 Å². The second-order valence-corrected chi connectivity index (χ2v) is 4.48. The van der Waals surface area contributed by atoms with E-state index < -0.39 is 11.6 Å². The topological polar surface area (TPSA) is 50.1 Å². The van der Waals surface area contributed by atoms with E-state index in [4.69, 9.17) is 4.74 Å². The van der Waals surface area contributed by atoms with Gasteiger partial charge in [-0.1, -0.05) is 24.3 Å². The van der Waals surface area contributed by atoms with E-state index in [9.17, 15) is 14.4 Å². The zero-order valence-electron chi connectivity index (χ0n) is 12.0. The fourth-order valence-corrected chi connectivity index (χ4v) is 1.97. The first kappa shape index (κ1) is 15.5. The molecule has 2 aromatic rings. The summed E-state index contributed by atoms with van der Waals surface area (Å²) < 4.78 is 19.0. The molecule has 3 nitrogen and oxygen atoms in total. The van der Waals surface area contributed by atoms with E-state index in [0.29, 0.717) is 17.9 Å². The Labute approximate surface area is 128 Å². The Morgan fingerprint density at radius 2 is 2.05 bits per heavy atom. The minimum Gasteiger partial charge on any atom is -0.494 e. The van der Waals surface area contributed by atoms with E-state index in [-0.39, 0.29) is 11.1 Å². The Bertz CT molecular complexity index is 760. The molecule has 0 atom stereocenters. The normalized spacial score (nSPS) is 10.9. The number of nitrogens with zero attached hydrogens (tertiary/aromatic N) is 1. The minimum atomic E-state index is -0.642. The van der Waals surface area contributed by atoms with Crippen LogP contribution in [0, 0.1) is 17.1 Å². The Kier molecular flexibility index (Phi) is 5.05. The number of benzene rings is 2. The molecule has 0 aromatic heterocycles. The average Bonchev–Trinajstić information content (AvgIpc) is 2.53. The largest absolute Gasteiger partial charge is 0.494 e. The molecule has 2 rings (SSSR count). The van der Waals surface area contributed by atoms with E-state index >= 15 is 0 Å². The van der Waals surface area contributed by atoms with Gasteiger partial charge in [-0.25, -0.2) is 4.39 Å². The van der Waals surface area contributed by atoms with Crippen molar-refractivity contribution >= 4 is 11.9 Å². The van der Waals surface area contributed by atoms with Crippen molar-refractivity contribution in [3.63, 3.8) is 0 Å². The van der Waals surface area contributed by atoms with Gasteiger partial charge in [0, 0.05) is 0 Å². The summed E-state index contributed by atoms with van der Waals surface area (Å²) in [6.07, 6.45) is 1.43. The first-order valence-electron chi connectivity index (χ1n) is 6.79. The molecule has 0 N–H and O–H groups in total. The zero-order chi connectivity index (χ0) is 15.9. The van der Waals surface area contributed by atoms with Gasteiger partial charge in [-0.15, -0.1) is 0 Å². The molecule has 2 aromatic carbocycles. The van der Waals surface area contributed by atoms with Crippen LogP contribution in [0.25, 0.3) is 6.08 Å². The van der Waals surface area contributed by atoms with Crippen LogP contribution in [0.15, 0.2) is 54.1 Å². The van der Waals surface area contributed by atoms with Gasteiger partial charge in [0.15, 0.2) is 0 Å². The summed E-state index contributed by atoms with van der Waals surface area (Å²) in [5.41, 5.74) is 0.405. The highest BCUT2D eigenvalue weighted by Gasteiger charge is 2.15. The van der Waals surface area contributed by atoms with Crippen LogP contribution in [0.4, 0.5) is 4.39 Å². The van der Waals surface area contributed by atoms with Crippen LogP contribution in [0.1, 0.15) is 22.8 Å². The van der Waals surface area contributed by atoms with E-state index in [2.05, 4.69) is 0 Å². The highest BCUT2D eigenvalue weighted by Crippen LogP contribution is 2.18. The van der Waals surface area contributed by atoms with Gasteiger partial charge in [-0.2, -0.15) is 5.26 Å². The highest BCUT2D eigenvalue weighted by atomic mass is 19.1. The Balaban J connectivity index is 2.36. The maximum atomic E-state index is 13.7. The quantitative estimate of drug-likeness (QED) is 0.475. The number of carbonyl (C=O) groups is 1. The van der Waals surface area contributed by atoms with E-state index in [1.54, 1.807) is 30.3 Å². The summed E-state index contributed by atoms with van der Waals surface area (Å²) in [5.74, 6) is -0.633. The third kappa shape index (κ3) is 3.58. The lowest BCUT2D eigenvalue weighted by molar-refractivity contribution is 0.103. The zero-order valence-corrected chi connectivity index (χ0v) is 12.0. The van der Waals surface area contributed by atoms with Crippen molar-refractivity contribution in [2.24, 2.45) is 0 Å². The van der Waals surface area contributed by atoms with Gasteiger partial charge in [0.2, 0.25) is 5.78 Å². The van der Waals surface area contributed by atoms with Gasteiger partial charge in [0.25, 0.3) is 0 Å². The van der Waals surface area contributed by atoms with Gasteiger partial charge in [0.05, 0.1) is 12.2 Å². The van der Waals surface area contributed by atoms with Crippen LogP contribution in [0.2, 0.25) is 0 Å². The van der Waals surface area contributed by atoms with Crippen LogP contribution in [-0.4, -0.2) is 12.4 Å². The number of hydrogen-bond acceptors (Lipinski definition) is 3. The van der Waals surface area contributed by atoms with Crippen molar-refractivity contribution in [3.8, 4) is 11.8 Å². The summed E-state index contributed by atoms with van der Waals surface area (Å²) in [5, 5.41) is 9.19. The molecule has 0 radical (unpaired) electrons. The number of ether oxygens (including phenoxy) is 1. The first-order chi connectivity index (χ1) is 10.7. The van der Waals surface area contributed by atoms with Crippen molar-refractivity contribution in [1.82, 2.24) is 0 Å². The predicted octanol–water partition coefficient (Wildman–Crippen LogP) is 4.01. The van der Waals surface area contributed by atoms with Gasteiger partial charge < -0.3 is 4.74 Å². The standard InChI is InChI=1S/C18H14FNO2/c1-2-22-15-7-5-6-13(11-15)10-14(12-20)18(21)16-8-3-4-9-17(16)19/h3-11H,2H2,1H3/b14-10-. The SMILES string of the molecule is CCOc1cccc(/C=C(/C#N)C(=O)c2ccccc2F)c1. The molecular weight excluding hydrogens is 281 g/mol. The van der Waals surface area contributed by atoms with Crippen molar-refractivity contribution in [3.05, 3.63) is 71.0 Å².